The van der Waals surface area contributed by atoms with Crippen LogP contribution in [0.1, 0.15) is 34.6 Å². The minimum Gasteiger partial charge on any atom is -0.298 e. The van der Waals surface area contributed by atoms with E-state index in [1.807, 2.05) is 0 Å². The Hall–Kier alpha value is -0.850. The monoisotopic (exact) mass is 204 g/mol. The van der Waals surface area contributed by atoms with Crippen molar-refractivity contribution in [2.75, 3.05) is 0 Å². The summed E-state index contributed by atoms with van der Waals surface area (Å²) >= 11 is 0. The molecule has 0 spiro atoms. The molecule has 15 heavy (non-hydrogen) atoms. The first-order valence-corrected chi connectivity index (χ1v) is 5.76. The quantitative estimate of drug-likeness (QED) is 0.598. The third-order valence-electron chi connectivity index (χ3n) is 4.11. The molecule has 0 fully saturated rings. The third kappa shape index (κ3) is 1.18. The van der Waals surface area contributed by atoms with Crippen molar-refractivity contribution in [3.05, 3.63) is 23.8 Å². The molecule has 3 rings (SSSR count). The van der Waals surface area contributed by atoms with Crippen molar-refractivity contribution in [1.29, 1.82) is 0 Å². The van der Waals surface area contributed by atoms with Gasteiger partial charge in [0.05, 0.1) is 5.41 Å². The highest BCUT2D eigenvalue weighted by Crippen LogP contribution is 2.53. The summed E-state index contributed by atoms with van der Waals surface area (Å²) in [4.78, 5) is 12.5. The lowest BCUT2D eigenvalue weighted by Gasteiger charge is -2.48. The summed E-state index contributed by atoms with van der Waals surface area (Å²) in [6.07, 6.45) is 6.62. The smallest absolute Gasteiger partial charge is 0.153 e. The van der Waals surface area contributed by atoms with Gasteiger partial charge in [0.1, 0.15) is 0 Å². The van der Waals surface area contributed by atoms with Gasteiger partial charge in [-0.1, -0.05) is 51.5 Å². The molecule has 0 aromatic rings. The average molecular weight is 204 g/mol. The number of hydrogen-bond acceptors (Lipinski definition) is 1. The molecule has 82 valence electrons. The van der Waals surface area contributed by atoms with Gasteiger partial charge in [-0.3, -0.25) is 4.79 Å². The topological polar surface area (TPSA) is 17.1 Å². The molecule has 0 aliphatic heterocycles. The van der Waals surface area contributed by atoms with Crippen LogP contribution in [0, 0.1) is 22.7 Å². The van der Waals surface area contributed by atoms with E-state index in [2.05, 4.69) is 52.8 Å². The number of Topliss-reactive ketones (excluding diaryl/α,β-unsaturated/α-hetero) is 1. The van der Waals surface area contributed by atoms with Gasteiger partial charge in [-0.05, 0) is 12.8 Å². The zero-order valence-electron chi connectivity index (χ0n) is 10.3. The van der Waals surface area contributed by atoms with Gasteiger partial charge >= 0.3 is 0 Å². The van der Waals surface area contributed by atoms with Crippen LogP contribution in [0.5, 0.6) is 0 Å². The van der Waals surface area contributed by atoms with E-state index >= 15 is 0 Å². The highest BCUT2D eigenvalue weighted by molar-refractivity contribution is 5.97. The Morgan fingerprint density at radius 2 is 1.87 bits per heavy atom. The highest BCUT2D eigenvalue weighted by Gasteiger charge is 2.52. The largest absolute Gasteiger partial charge is 0.298 e. The summed E-state index contributed by atoms with van der Waals surface area (Å²) in [5.74, 6) is 1.14. The van der Waals surface area contributed by atoms with Crippen LogP contribution in [0.25, 0.3) is 0 Å². The Bertz CT molecular complexity index is 371. The molecule has 0 radical (unpaired) electrons. The third-order valence-corrected chi connectivity index (χ3v) is 4.11. The van der Waals surface area contributed by atoms with Crippen LogP contribution in [0.4, 0.5) is 0 Å². The summed E-state index contributed by atoms with van der Waals surface area (Å²) in [5, 5.41) is 0. The first-order chi connectivity index (χ1) is 6.80. The maximum atomic E-state index is 12.5. The molecule has 1 heteroatoms. The lowest BCUT2D eigenvalue weighted by molar-refractivity contribution is -0.136. The maximum absolute atomic E-state index is 12.5. The van der Waals surface area contributed by atoms with Crippen molar-refractivity contribution in [3.63, 3.8) is 0 Å². The van der Waals surface area contributed by atoms with Crippen LogP contribution in [0.15, 0.2) is 23.8 Å². The Kier molecular flexibility index (Phi) is 2.02. The number of fused-ring (bicyclic) bond motifs is 1. The Balaban J connectivity index is 2.58. The van der Waals surface area contributed by atoms with Gasteiger partial charge in [0.15, 0.2) is 5.78 Å². The minimum absolute atomic E-state index is 0.220. The summed E-state index contributed by atoms with van der Waals surface area (Å²) in [7, 11) is 0. The van der Waals surface area contributed by atoms with Crippen molar-refractivity contribution >= 4 is 5.78 Å². The van der Waals surface area contributed by atoms with E-state index in [0.717, 1.165) is 0 Å². The molecule has 0 N–H and O–H groups in total. The molecular weight excluding hydrogens is 184 g/mol. The Morgan fingerprint density at radius 3 is 2.40 bits per heavy atom. The number of hydrogen-bond donors (Lipinski definition) is 0. The number of carbonyl (C=O) groups excluding carboxylic acids is 1. The van der Waals surface area contributed by atoms with Gasteiger partial charge in [-0.15, -0.1) is 0 Å². The van der Waals surface area contributed by atoms with E-state index < -0.39 is 0 Å². The molecule has 2 unspecified atom stereocenters. The normalized spacial score (nSPS) is 37.3. The van der Waals surface area contributed by atoms with Crippen molar-refractivity contribution in [2.24, 2.45) is 22.7 Å². The van der Waals surface area contributed by atoms with Gasteiger partial charge in [-0.25, -0.2) is 0 Å². The first kappa shape index (κ1) is 10.7. The maximum Gasteiger partial charge on any atom is 0.153 e. The second-order valence-electron chi connectivity index (χ2n) is 5.91. The number of carbonyl (C=O) groups is 1. The highest BCUT2D eigenvalue weighted by atomic mass is 16.1. The molecule has 0 amide bonds. The second-order valence-corrected chi connectivity index (χ2v) is 5.91. The lowest BCUT2D eigenvalue weighted by Crippen LogP contribution is -2.50. The standard InChI is InChI=1S/C14H20O/c1-9(2)11-8-10-6-7-14(11,5)12(15)13(10,3)4/h6-10H,1-5H3. The summed E-state index contributed by atoms with van der Waals surface area (Å²) in [6.45, 7) is 10.5. The predicted octanol–water partition coefficient (Wildman–Crippen LogP) is 3.37. The lowest BCUT2D eigenvalue weighted by atomic mass is 9.53. The van der Waals surface area contributed by atoms with Gasteiger partial charge in [-0.2, -0.15) is 0 Å². The molecule has 0 saturated heterocycles. The van der Waals surface area contributed by atoms with E-state index in [1.165, 1.54) is 5.57 Å². The molecule has 2 atom stereocenters. The predicted molar refractivity (Wildman–Crippen MR) is 62.4 cm³/mol. The second kappa shape index (κ2) is 2.84. The van der Waals surface area contributed by atoms with Gasteiger partial charge in [0.25, 0.3) is 0 Å². The van der Waals surface area contributed by atoms with Crippen LogP contribution in [0.3, 0.4) is 0 Å². The Labute approximate surface area is 92.3 Å². The molecule has 0 heterocycles. The molecule has 2 bridgehead atoms. The zero-order valence-corrected chi connectivity index (χ0v) is 10.3. The van der Waals surface area contributed by atoms with Crippen LogP contribution < -0.4 is 0 Å². The van der Waals surface area contributed by atoms with Crippen molar-refractivity contribution in [3.8, 4) is 0 Å². The summed E-state index contributed by atoms with van der Waals surface area (Å²) in [6, 6.07) is 0. The van der Waals surface area contributed by atoms with E-state index in [-0.39, 0.29) is 10.8 Å². The SMILES string of the molecule is CC(C)C1=CC2C=CC1(C)C(=O)C2(C)C. The molecule has 0 aromatic heterocycles. The zero-order chi connectivity index (χ0) is 11.4. The first-order valence-electron chi connectivity index (χ1n) is 5.76. The number of ketones is 1. The van der Waals surface area contributed by atoms with E-state index in [0.29, 0.717) is 17.6 Å². The molecule has 0 saturated carbocycles. The molecule has 3 aliphatic carbocycles. The fourth-order valence-electron chi connectivity index (χ4n) is 3.08. The van der Waals surface area contributed by atoms with E-state index in [1.54, 1.807) is 0 Å². The van der Waals surface area contributed by atoms with Crippen LogP contribution in [-0.4, -0.2) is 5.78 Å². The van der Waals surface area contributed by atoms with Gasteiger partial charge in [0, 0.05) is 11.3 Å². The van der Waals surface area contributed by atoms with Crippen LogP contribution in [0.2, 0.25) is 0 Å². The molecular formula is C14H20O. The van der Waals surface area contributed by atoms with E-state index in [4.69, 9.17) is 0 Å². The molecule has 1 nitrogen and oxygen atoms in total. The van der Waals surface area contributed by atoms with Gasteiger partial charge in [0.2, 0.25) is 0 Å². The van der Waals surface area contributed by atoms with Crippen molar-refractivity contribution in [2.45, 2.75) is 34.6 Å². The molecule has 3 aliphatic rings. The van der Waals surface area contributed by atoms with Gasteiger partial charge < -0.3 is 0 Å². The average Bonchev–Trinajstić information content (AvgIpc) is 2.14. The van der Waals surface area contributed by atoms with Crippen LogP contribution in [-0.2, 0) is 4.79 Å². The number of allylic oxidation sites excluding steroid dienone is 4. The van der Waals surface area contributed by atoms with E-state index in [9.17, 15) is 4.79 Å². The fraction of sp³-hybridized carbons (Fsp3) is 0.643. The minimum atomic E-state index is -0.341. The Morgan fingerprint density at radius 1 is 1.27 bits per heavy atom. The summed E-state index contributed by atoms with van der Waals surface area (Å²) < 4.78 is 0. The summed E-state index contributed by atoms with van der Waals surface area (Å²) in [5.41, 5.74) is 0.744. The molecule has 0 aromatic carbocycles. The number of rotatable bonds is 1. The van der Waals surface area contributed by atoms with Crippen LogP contribution >= 0.6 is 0 Å². The fourth-order valence-corrected chi connectivity index (χ4v) is 3.08. The van der Waals surface area contributed by atoms with Crippen molar-refractivity contribution in [1.82, 2.24) is 0 Å². The van der Waals surface area contributed by atoms with Crippen molar-refractivity contribution < 1.29 is 4.79 Å².